The smallest absolute Gasteiger partial charge is 0.431 e. The van der Waals surface area contributed by atoms with Gasteiger partial charge in [-0.2, -0.15) is 18.2 Å². The Morgan fingerprint density at radius 2 is 1.95 bits per heavy atom. The van der Waals surface area contributed by atoms with Gasteiger partial charge in [-0.05, 0) is 24.3 Å². The van der Waals surface area contributed by atoms with Gasteiger partial charge < -0.3 is 4.74 Å². The molecule has 0 N–H and O–H groups in total. The number of hydrogen-bond acceptors (Lipinski definition) is 4. The lowest BCUT2D eigenvalue weighted by molar-refractivity contribution is -0.140. The van der Waals surface area contributed by atoms with E-state index in [0.717, 1.165) is 16.7 Å². The molecule has 3 nitrogen and oxygen atoms in total. The molecule has 106 valence electrons. The number of ether oxygens (including phenoxy) is 1. The maximum Gasteiger partial charge on any atom is 0.434 e. The van der Waals surface area contributed by atoms with Crippen molar-refractivity contribution in [1.82, 2.24) is 4.98 Å². The van der Waals surface area contributed by atoms with E-state index in [-0.39, 0.29) is 11.0 Å². The molecule has 1 aromatic carbocycles. The first kappa shape index (κ1) is 14.5. The van der Waals surface area contributed by atoms with Crippen LogP contribution < -0.4 is 4.74 Å². The minimum absolute atomic E-state index is 0.00911. The standard InChI is InChI=1S/C13H10F3NO2S/c1-2-10(18)8-3-5-9(6-4-8)19-12-17-11(7-20-12)13(14,15)16/h3-7H,2H2,1H3. The monoisotopic (exact) mass is 301 g/mol. The van der Waals surface area contributed by atoms with Crippen molar-refractivity contribution >= 4 is 17.1 Å². The third kappa shape index (κ3) is 3.36. The molecular weight excluding hydrogens is 291 g/mol. The molecule has 0 aliphatic rings. The van der Waals surface area contributed by atoms with E-state index in [1.807, 2.05) is 0 Å². The van der Waals surface area contributed by atoms with Crippen molar-refractivity contribution in [1.29, 1.82) is 0 Å². The van der Waals surface area contributed by atoms with Gasteiger partial charge in [0.15, 0.2) is 11.5 Å². The van der Waals surface area contributed by atoms with Crippen LogP contribution in [0.5, 0.6) is 10.9 Å². The van der Waals surface area contributed by atoms with E-state index >= 15 is 0 Å². The normalized spacial score (nSPS) is 11.4. The Hall–Kier alpha value is -1.89. The lowest BCUT2D eigenvalue weighted by Gasteiger charge is -2.03. The number of rotatable bonds is 4. The second-order valence-corrected chi connectivity index (χ2v) is 4.72. The van der Waals surface area contributed by atoms with Crippen LogP contribution in [0.2, 0.25) is 0 Å². The molecule has 2 aromatic rings. The van der Waals surface area contributed by atoms with Gasteiger partial charge in [0.05, 0.1) is 0 Å². The Labute approximate surface area is 117 Å². The second kappa shape index (κ2) is 5.62. The van der Waals surface area contributed by atoms with Crippen LogP contribution in [0.1, 0.15) is 29.4 Å². The minimum atomic E-state index is -4.48. The summed E-state index contributed by atoms with van der Waals surface area (Å²) in [4.78, 5) is 14.8. The molecule has 0 aliphatic carbocycles. The van der Waals surface area contributed by atoms with Crippen LogP contribution in [0.3, 0.4) is 0 Å². The van der Waals surface area contributed by atoms with E-state index in [4.69, 9.17) is 4.74 Å². The predicted octanol–water partition coefficient (Wildman–Crippen LogP) is 4.55. The Kier molecular flexibility index (Phi) is 4.08. The number of carbonyl (C=O) groups excluding carboxylic acids is 1. The molecule has 1 aromatic heterocycles. The summed E-state index contributed by atoms with van der Waals surface area (Å²) in [6.07, 6.45) is -4.09. The van der Waals surface area contributed by atoms with E-state index in [9.17, 15) is 18.0 Å². The highest BCUT2D eigenvalue weighted by atomic mass is 32.1. The number of ketones is 1. The minimum Gasteiger partial charge on any atom is -0.431 e. The number of halogens is 3. The maximum atomic E-state index is 12.4. The van der Waals surface area contributed by atoms with Gasteiger partial charge in [0.2, 0.25) is 0 Å². The molecule has 0 saturated heterocycles. The van der Waals surface area contributed by atoms with Gasteiger partial charge in [-0.1, -0.05) is 18.3 Å². The number of Topliss-reactive ketones (excluding diaryl/α,β-unsaturated/α-hetero) is 1. The summed E-state index contributed by atoms with van der Waals surface area (Å²) in [5.41, 5.74) is -0.440. The highest BCUT2D eigenvalue weighted by Gasteiger charge is 2.34. The molecule has 0 atom stereocenters. The summed E-state index contributed by atoms with van der Waals surface area (Å²) in [5, 5.41) is 0.802. The van der Waals surface area contributed by atoms with Gasteiger partial charge in [0.25, 0.3) is 5.19 Å². The molecule has 1 heterocycles. The summed E-state index contributed by atoms with van der Waals surface area (Å²) in [6, 6.07) is 6.19. The molecule has 7 heteroatoms. The number of carbonyl (C=O) groups is 1. The van der Waals surface area contributed by atoms with Gasteiger partial charge in [-0.15, -0.1) is 0 Å². The van der Waals surface area contributed by atoms with E-state index in [2.05, 4.69) is 4.98 Å². The largest absolute Gasteiger partial charge is 0.434 e. The van der Waals surface area contributed by atoms with Crippen molar-refractivity contribution < 1.29 is 22.7 Å². The van der Waals surface area contributed by atoms with Crippen LogP contribution in [0.25, 0.3) is 0 Å². The Morgan fingerprint density at radius 3 is 2.45 bits per heavy atom. The van der Waals surface area contributed by atoms with Crippen molar-refractivity contribution in [2.45, 2.75) is 19.5 Å². The number of alkyl halides is 3. The lowest BCUT2D eigenvalue weighted by Crippen LogP contribution is -2.04. The summed E-state index contributed by atoms with van der Waals surface area (Å²) in [7, 11) is 0. The van der Waals surface area contributed by atoms with Crippen molar-refractivity contribution in [3.05, 3.63) is 40.9 Å². The van der Waals surface area contributed by atoms with Crippen molar-refractivity contribution in [2.75, 3.05) is 0 Å². The first-order chi connectivity index (χ1) is 9.40. The molecular formula is C13H10F3NO2S. The predicted molar refractivity (Wildman–Crippen MR) is 68.3 cm³/mol. The number of aromatic nitrogens is 1. The molecule has 2 rings (SSSR count). The number of thiazole rings is 1. The molecule has 20 heavy (non-hydrogen) atoms. The van der Waals surface area contributed by atoms with Gasteiger partial charge in [0, 0.05) is 17.4 Å². The third-order valence-electron chi connectivity index (χ3n) is 2.48. The van der Waals surface area contributed by atoms with Gasteiger partial charge in [-0.3, -0.25) is 4.79 Å². The Bertz CT molecular complexity index is 605. The molecule has 0 bridgehead atoms. The lowest BCUT2D eigenvalue weighted by atomic mass is 10.1. The SMILES string of the molecule is CCC(=O)c1ccc(Oc2nc(C(F)(F)F)cs2)cc1. The van der Waals surface area contributed by atoms with Crippen molar-refractivity contribution in [3.63, 3.8) is 0 Å². The summed E-state index contributed by atoms with van der Waals surface area (Å²) in [5.74, 6) is 0.325. The molecule has 0 saturated carbocycles. The van der Waals surface area contributed by atoms with E-state index in [1.54, 1.807) is 19.1 Å². The third-order valence-corrected chi connectivity index (χ3v) is 3.19. The van der Waals surface area contributed by atoms with E-state index < -0.39 is 11.9 Å². The van der Waals surface area contributed by atoms with Crippen molar-refractivity contribution in [2.24, 2.45) is 0 Å². The summed E-state index contributed by atoms with van der Waals surface area (Å²) in [6.45, 7) is 1.75. The zero-order valence-corrected chi connectivity index (χ0v) is 11.2. The Morgan fingerprint density at radius 1 is 1.30 bits per heavy atom. The number of nitrogens with zero attached hydrogens (tertiary/aromatic N) is 1. The van der Waals surface area contributed by atoms with Gasteiger partial charge in [0.1, 0.15) is 5.75 Å². The van der Waals surface area contributed by atoms with E-state index in [1.165, 1.54) is 12.1 Å². The van der Waals surface area contributed by atoms with Crippen molar-refractivity contribution in [3.8, 4) is 10.9 Å². The average Bonchev–Trinajstić information content (AvgIpc) is 2.87. The molecule has 0 fully saturated rings. The second-order valence-electron chi connectivity index (χ2n) is 3.90. The molecule has 0 spiro atoms. The molecule has 0 radical (unpaired) electrons. The molecule has 0 unspecified atom stereocenters. The maximum absolute atomic E-state index is 12.4. The fourth-order valence-corrected chi connectivity index (χ4v) is 2.14. The first-order valence-electron chi connectivity index (χ1n) is 5.74. The van der Waals surface area contributed by atoms with Crippen LogP contribution >= 0.6 is 11.3 Å². The topological polar surface area (TPSA) is 39.2 Å². The first-order valence-corrected chi connectivity index (χ1v) is 6.62. The average molecular weight is 301 g/mol. The quantitative estimate of drug-likeness (QED) is 0.778. The molecule has 0 aliphatic heterocycles. The van der Waals surface area contributed by atoms with E-state index in [0.29, 0.717) is 17.7 Å². The Balaban J connectivity index is 2.10. The fourth-order valence-electron chi connectivity index (χ4n) is 1.45. The van der Waals surface area contributed by atoms with Gasteiger partial charge in [-0.25, -0.2) is 0 Å². The molecule has 0 amide bonds. The van der Waals surface area contributed by atoms with Crippen LogP contribution in [0, 0.1) is 0 Å². The highest BCUT2D eigenvalue weighted by molar-refractivity contribution is 7.11. The van der Waals surface area contributed by atoms with Crippen LogP contribution in [-0.4, -0.2) is 10.8 Å². The van der Waals surface area contributed by atoms with Crippen LogP contribution in [-0.2, 0) is 6.18 Å². The summed E-state index contributed by atoms with van der Waals surface area (Å²) < 4.78 is 42.3. The zero-order valence-electron chi connectivity index (χ0n) is 10.4. The van der Waals surface area contributed by atoms with Gasteiger partial charge >= 0.3 is 6.18 Å². The number of hydrogen-bond donors (Lipinski definition) is 0. The highest BCUT2D eigenvalue weighted by Crippen LogP contribution is 2.34. The summed E-state index contributed by atoms with van der Waals surface area (Å²) >= 11 is 0.766. The number of benzene rings is 1. The van der Waals surface area contributed by atoms with Crippen LogP contribution in [0.4, 0.5) is 13.2 Å². The van der Waals surface area contributed by atoms with Crippen LogP contribution in [0.15, 0.2) is 29.6 Å². The fraction of sp³-hybridized carbons (Fsp3) is 0.231. The zero-order chi connectivity index (χ0) is 14.8.